The van der Waals surface area contributed by atoms with Gasteiger partial charge in [0.15, 0.2) is 0 Å². The van der Waals surface area contributed by atoms with Gasteiger partial charge in [-0.15, -0.1) is 0 Å². The third-order valence-corrected chi connectivity index (χ3v) is 3.16. The number of nitrogens with zero attached hydrogens (tertiary/aromatic N) is 1. The number of hydrogen-bond donors (Lipinski definition) is 2. The molecule has 0 radical (unpaired) electrons. The number of thioether (sulfide) groups is 1. The van der Waals surface area contributed by atoms with Crippen LogP contribution in [-0.2, 0) is 4.79 Å². The third kappa shape index (κ3) is 2.49. The largest absolute Gasteiger partial charge is 0.440 e. The minimum atomic E-state index is -0.737. The maximum atomic E-state index is 11.1. The van der Waals surface area contributed by atoms with E-state index in [4.69, 9.17) is 10.2 Å². The van der Waals surface area contributed by atoms with E-state index < -0.39 is 5.54 Å². The minimum absolute atomic E-state index is 0.390. The molecule has 14 heavy (non-hydrogen) atoms. The van der Waals surface area contributed by atoms with Crippen molar-refractivity contribution in [2.45, 2.75) is 17.7 Å². The quantitative estimate of drug-likeness (QED) is 0.687. The van der Waals surface area contributed by atoms with E-state index >= 15 is 0 Å². The Morgan fingerprint density at radius 3 is 3.00 bits per heavy atom. The fraction of sp³-hybridized carbons (Fsp3) is 0.500. The van der Waals surface area contributed by atoms with Gasteiger partial charge in [-0.05, 0) is 14.0 Å². The van der Waals surface area contributed by atoms with Crippen molar-refractivity contribution in [1.29, 1.82) is 0 Å². The molecule has 6 heteroatoms. The van der Waals surface area contributed by atoms with Gasteiger partial charge in [0.05, 0.1) is 6.20 Å². The molecule has 1 unspecified atom stereocenters. The zero-order valence-electron chi connectivity index (χ0n) is 8.11. The smallest absolute Gasteiger partial charge is 0.255 e. The van der Waals surface area contributed by atoms with Gasteiger partial charge in [0, 0.05) is 5.75 Å². The lowest BCUT2D eigenvalue weighted by Crippen LogP contribution is -2.53. The van der Waals surface area contributed by atoms with Gasteiger partial charge in [0.1, 0.15) is 11.8 Å². The molecule has 78 valence electrons. The number of carbonyl (C=O) groups excluding carboxylic acids is 1. The highest BCUT2D eigenvalue weighted by molar-refractivity contribution is 7.99. The van der Waals surface area contributed by atoms with E-state index in [9.17, 15) is 4.79 Å². The van der Waals surface area contributed by atoms with Crippen LogP contribution in [0.1, 0.15) is 6.92 Å². The number of likely N-dealkylation sites (N-methyl/N-ethyl adjacent to an activating group) is 1. The van der Waals surface area contributed by atoms with Crippen molar-refractivity contribution >= 4 is 17.7 Å². The first-order valence-corrected chi connectivity index (χ1v) is 5.08. The van der Waals surface area contributed by atoms with Crippen LogP contribution in [0.4, 0.5) is 0 Å². The third-order valence-electron chi connectivity index (χ3n) is 1.99. The lowest BCUT2D eigenvalue weighted by atomic mass is 10.1. The molecular weight excluding hydrogens is 202 g/mol. The summed E-state index contributed by atoms with van der Waals surface area (Å²) >= 11 is 1.35. The summed E-state index contributed by atoms with van der Waals surface area (Å²) < 4.78 is 5.03. The van der Waals surface area contributed by atoms with Crippen molar-refractivity contribution in [2.75, 3.05) is 12.8 Å². The van der Waals surface area contributed by atoms with Crippen LogP contribution in [-0.4, -0.2) is 29.2 Å². The van der Waals surface area contributed by atoms with Gasteiger partial charge in [-0.1, -0.05) is 11.8 Å². The SMILES string of the molecule is CNC(C)(CSc1ncco1)C(N)=O. The first-order valence-electron chi connectivity index (χ1n) is 4.09. The monoisotopic (exact) mass is 215 g/mol. The zero-order valence-corrected chi connectivity index (χ0v) is 8.93. The molecule has 1 heterocycles. The number of carbonyl (C=O) groups is 1. The Morgan fingerprint density at radius 1 is 1.86 bits per heavy atom. The molecule has 1 aromatic heterocycles. The summed E-state index contributed by atoms with van der Waals surface area (Å²) in [5.41, 5.74) is 4.52. The fourth-order valence-electron chi connectivity index (χ4n) is 0.754. The lowest BCUT2D eigenvalue weighted by molar-refractivity contribution is -0.122. The van der Waals surface area contributed by atoms with E-state index in [0.29, 0.717) is 11.0 Å². The maximum absolute atomic E-state index is 11.1. The summed E-state index contributed by atoms with van der Waals surface area (Å²) in [6.07, 6.45) is 3.05. The highest BCUT2D eigenvalue weighted by atomic mass is 32.2. The molecule has 0 saturated carbocycles. The van der Waals surface area contributed by atoms with Crippen LogP contribution >= 0.6 is 11.8 Å². The topological polar surface area (TPSA) is 81.2 Å². The van der Waals surface area contributed by atoms with E-state index in [2.05, 4.69) is 10.3 Å². The number of hydrogen-bond acceptors (Lipinski definition) is 5. The number of rotatable bonds is 5. The van der Waals surface area contributed by atoms with Crippen molar-refractivity contribution in [1.82, 2.24) is 10.3 Å². The van der Waals surface area contributed by atoms with Gasteiger partial charge < -0.3 is 15.5 Å². The zero-order chi connectivity index (χ0) is 10.6. The van der Waals surface area contributed by atoms with Crippen molar-refractivity contribution in [2.24, 2.45) is 5.73 Å². The average Bonchev–Trinajstić information content (AvgIpc) is 2.66. The van der Waals surface area contributed by atoms with Crippen LogP contribution in [0, 0.1) is 0 Å². The van der Waals surface area contributed by atoms with Crippen LogP contribution in [0.5, 0.6) is 0 Å². The van der Waals surface area contributed by atoms with Crippen molar-refractivity contribution in [3.63, 3.8) is 0 Å². The molecule has 5 nitrogen and oxygen atoms in total. The molecule has 0 saturated heterocycles. The Hall–Kier alpha value is -1.01. The van der Waals surface area contributed by atoms with Crippen molar-refractivity contribution in [3.05, 3.63) is 12.5 Å². The van der Waals surface area contributed by atoms with Gasteiger partial charge in [-0.2, -0.15) is 0 Å². The van der Waals surface area contributed by atoms with E-state index in [1.807, 2.05) is 0 Å². The second-order valence-corrected chi connectivity index (χ2v) is 3.96. The summed E-state index contributed by atoms with van der Waals surface area (Å²) in [6.45, 7) is 1.74. The summed E-state index contributed by atoms with van der Waals surface area (Å²) in [6, 6.07) is 0. The molecule has 1 rings (SSSR count). The summed E-state index contributed by atoms with van der Waals surface area (Å²) in [7, 11) is 1.70. The molecule has 1 aromatic rings. The number of primary amides is 1. The van der Waals surface area contributed by atoms with Crippen LogP contribution in [0.3, 0.4) is 0 Å². The molecule has 1 atom stereocenters. The molecule has 3 N–H and O–H groups in total. The van der Waals surface area contributed by atoms with Gasteiger partial charge >= 0.3 is 0 Å². The van der Waals surface area contributed by atoms with Gasteiger partial charge in [-0.25, -0.2) is 4.98 Å². The lowest BCUT2D eigenvalue weighted by Gasteiger charge is -2.23. The Balaban J connectivity index is 2.54. The van der Waals surface area contributed by atoms with Gasteiger partial charge in [0.25, 0.3) is 5.22 Å². The first kappa shape index (κ1) is 11.1. The van der Waals surface area contributed by atoms with Crippen molar-refractivity contribution in [3.8, 4) is 0 Å². The summed E-state index contributed by atoms with van der Waals surface area (Å²) in [5.74, 6) is 0.0957. The molecule has 0 aliphatic rings. The van der Waals surface area contributed by atoms with Crippen LogP contribution in [0.2, 0.25) is 0 Å². The summed E-state index contributed by atoms with van der Waals surface area (Å²) in [4.78, 5) is 15.0. The van der Waals surface area contributed by atoms with E-state index in [1.54, 1.807) is 20.2 Å². The van der Waals surface area contributed by atoms with Crippen LogP contribution in [0.25, 0.3) is 0 Å². The van der Waals surface area contributed by atoms with Gasteiger partial charge in [-0.3, -0.25) is 4.79 Å². The van der Waals surface area contributed by atoms with Crippen molar-refractivity contribution < 1.29 is 9.21 Å². The van der Waals surface area contributed by atoms with E-state index in [1.165, 1.54) is 18.0 Å². The molecule has 0 fully saturated rings. The van der Waals surface area contributed by atoms with Gasteiger partial charge in [0.2, 0.25) is 5.91 Å². The minimum Gasteiger partial charge on any atom is -0.440 e. The highest BCUT2D eigenvalue weighted by Gasteiger charge is 2.29. The van der Waals surface area contributed by atoms with E-state index in [-0.39, 0.29) is 5.91 Å². The number of amides is 1. The molecule has 1 amide bonds. The maximum Gasteiger partial charge on any atom is 0.255 e. The first-order chi connectivity index (χ1) is 6.58. The predicted octanol–water partition coefficient (Wildman–Crippen LogP) is 0.230. The predicted molar refractivity (Wildman–Crippen MR) is 53.9 cm³/mol. The second kappa shape index (κ2) is 4.47. The number of oxazole rings is 1. The highest BCUT2D eigenvalue weighted by Crippen LogP contribution is 2.20. The number of nitrogens with one attached hydrogen (secondary N) is 1. The molecular formula is C8H13N3O2S. The molecule has 0 spiro atoms. The Bertz CT molecular complexity index is 302. The van der Waals surface area contributed by atoms with Crippen LogP contribution in [0.15, 0.2) is 22.1 Å². The number of nitrogens with two attached hydrogens (primary N) is 1. The Morgan fingerprint density at radius 2 is 2.57 bits per heavy atom. The fourth-order valence-corrected chi connectivity index (χ4v) is 1.71. The molecule has 0 aliphatic carbocycles. The average molecular weight is 215 g/mol. The number of aromatic nitrogens is 1. The normalized spacial score (nSPS) is 15.0. The molecule has 0 bridgehead atoms. The van der Waals surface area contributed by atoms with Crippen LogP contribution < -0.4 is 11.1 Å². The summed E-state index contributed by atoms with van der Waals surface area (Å²) in [5, 5.41) is 3.41. The molecule has 0 aliphatic heterocycles. The second-order valence-electron chi connectivity index (χ2n) is 3.03. The molecule has 0 aromatic carbocycles. The Kier molecular flexibility index (Phi) is 3.54. The Labute approximate surface area is 86.4 Å². The standard InChI is InChI=1S/C8H13N3O2S/c1-8(10-2,6(9)12)5-14-7-11-3-4-13-7/h3-4,10H,5H2,1-2H3,(H2,9,12). The van der Waals surface area contributed by atoms with E-state index in [0.717, 1.165) is 0 Å².